The summed E-state index contributed by atoms with van der Waals surface area (Å²) in [6.07, 6.45) is 5.58. The van der Waals surface area contributed by atoms with Crippen LogP contribution in [0.2, 0.25) is 5.02 Å². The van der Waals surface area contributed by atoms with Crippen molar-refractivity contribution in [2.45, 2.75) is 26.2 Å². The van der Waals surface area contributed by atoms with Crippen molar-refractivity contribution in [1.82, 2.24) is 19.7 Å². The number of anilines is 2. The van der Waals surface area contributed by atoms with Crippen LogP contribution in [0.1, 0.15) is 35.3 Å². The molecular weight excluding hydrogens is 444 g/mol. The minimum absolute atomic E-state index is 0.0344. The van der Waals surface area contributed by atoms with Gasteiger partial charge in [0.25, 0.3) is 5.91 Å². The highest BCUT2D eigenvalue weighted by Crippen LogP contribution is 2.28. The van der Waals surface area contributed by atoms with E-state index in [0.29, 0.717) is 18.8 Å². The third-order valence-electron chi connectivity index (χ3n) is 6.28. The molecular formula is C23H27ClN6OS. The van der Waals surface area contributed by atoms with Crippen molar-refractivity contribution in [3.05, 3.63) is 52.8 Å². The number of benzene rings is 1. The van der Waals surface area contributed by atoms with Gasteiger partial charge in [0.05, 0.1) is 0 Å². The summed E-state index contributed by atoms with van der Waals surface area (Å²) in [5, 5.41) is 11.2. The first-order valence-corrected chi connectivity index (χ1v) is 12.4. The molecule has 1 amide bonds. The topological polar surface area (TPSA) is 57.5 Å². The number of hydrogen-bond acceptors (Lipinski definition) is 6. The first kappa shape index (κ1) is 21.3. The molecule has 2 saturated heterocycles. The predicted octanol–water partition coefficient (Wildman–Crippen LogP) is 4.24. The van der Waals surface area contributed by atoms with Crippen LogP contribution in [0.3, 0.4) is 0 Å². The zero-order chi connectivity index (χ0) is 22.1. The van der Waals surface area contributed by atoms with Crippen LogP contribution >= 0.6 is 22.9 Å². The molecule has 2 aliphatic rings. The molecule has 168 valence electrons. The zero-order valence-electron chi connectivity index (χ0n) is 18.2. The monoisotopic (exact) mass is 470 g/mol. The normalized spacial score (nSPS) is 17.1. The van der Waals surface area contributed by atoms with Crippen LogP contribution in [0.5, 0.6) is 0 Å². The Balaban J connectivity index is 1.28. The number of rotatable bonds is 4. The van der Waals surface area contributed by atoms with Crippen LogP contribution in [0.4, 0.5) is 10.8 Å². The van der Waals surface area contributed by atoms with Crippen molar-refractivity contribution in [1.29, 1.82) is 0 Å². The molecule has 0 aliphatic carbocycles. The van der Waals surface area contributed by atoms with Gasteiger partial charge in [0.2, 0.25) is 10.3 Å². The van der Waals surface area contributed by atoms with Gasteiger partial charge in [-0.05, 0) is 56.0 Å². The lowest BCUT2D eigenvalue weighted by atomic mass is 10.1. The SMILES string of the molecule is Cc1ccc(Cl)cc1N1CCN(C(=O)c2cccn2-c2nnc(N3CCCCC3)s2)CC1. The van der Waals surface area contributed by atoms with Gasteiger partial charge in [-0.25, -0.2) is 0 Å². The maximum Gasteiger partial charge on any atom is 0.271 e. The molecule has 32 heavy (non-hydrogen) atoms. The van der Waals surface area contributed by atoms with E-state index in [9.17, 15) is 4.79 Å². The summed E-state index contributed by atoms with van der Waals surface area (Å²) in [5.41, 5.74) is 2.98. The van der Waals surface area contributed by atoms with Gasteiger partial charge in [0, 0.05) is 56.2 Å². The largest absolute Gasteiger partial charge is 0.368 e. The molecule has 4 heterocycles. The molecule has 2 aromatic heterocycles. The second-order valence-electron chi connectivity index (χ2n) is 8.39. The third-order valence-corrected chi connectivity index (χ3v) is 7.50. The standard InChI is InChI=1S/C23H27ClN6OS/c1-17-7-8-18(24)16-20(17)27-12-14-28(15-13-27)21(31)19-6-5-11-30(19)23-26-25-22(32-23)29-9-3-2-4-10-29/h5-8,11,16H,2-4,9-10,12-15H2,1H3. The quantitative estimate of drug-likeness (QED) is 0.570. The van der Waals surface area contributed by atoms with Crippen molar-refractivity contribution in [3.63, 3.8) is 0 Å². The van der Waals surface area contributed by atoms with E-state index < -0.39 is 0 Å². The van der Waals surface area contributed by atoms with Gasteiger partial charge in [-0.15, -0.1) is 10.2 Å². The highest BCUT2D eigenvalue weighted by Gasteiger charge is 2.26. The minimum atomic E-state index is 0.0344. The predicted molar refractivity (Wildman–Crippen MR) is 130 cm³/mol. The van der Waals surface area contributed by atoms with Crippen LogP contribution in [-0.4, -0.2) is 64.8 Å². The molecule has 2 fully saturated rings. The Morgan fingerprint density at radius 3 is 2.47 bits per heavy atom. The first-order chi connectivity index (χ1) is 15.6. The smallest absolute Gasteiger partial charge is 0.271 e. The molecule has 9 heteroatoms. The zero-order valence-corrected chi connectivity index (χ0v) is 19.8. The second-order valence-corrected chi connectivity index (χ2v) is 9.76. The average molecular weight is 471 g/mol. The molecule has 2 aliphatic heterocycles. The van der Waals surface area contributed by atoms with Crippen molar-refractivity contribution < 1.29 is 4.79 Å². The fraction of sp³-hybridized carbons (Fsp3) is 0.435. The molecule has 0 saturated carbocycles. The molecule has 0 N–H and O–H groups in total. The molecule has 7 nitrogen and oxygen atoms in total. The summed E-state index contributed by atoms with van der Waals surface area (Å²) in [6.45, 7) is 7.06. The summed E-state index contributed by atoms with van der Waals surface area (Å²) in [4.78, 5) is 19.9. The van der Waals surface area contributed by atoms with E-state index >= 15 is 0 Å². The Hall–Kier alpha value is -2.58. The van der Waals surface area contributed by atoms with Gasteiger partial charge >= 0.3 is 0 Å². The van der Waals surface area contributed by atoms with Crippen molar-refractivity contribution in [2.75, 3.05) is 49.1 Å². The van der Waals surface area contributed by atoms with E-state index in [0.717, 1.165) is 47.2 Å². The molecule has 0 atom stereocenters. The number of carbonyl (C=O) groups excluding carboxylic acids is 1. The van der Waals surface area contributed by atoms with Crippen molar-refractivity contribution >= 4 is 39.7 Å². The second kappa shape index (κ2) is 9.11. The van der Waals surface area contributed by atoms with E-state index in [4.69, 9.17) is 11.6 Å². The maximum atomic E-state index is 13.3. The van der Waals surface area contributed by atoms with Crippen LogP contribution in [0.25, 0.3) is 5.13 Å². The van der Waals surface area contributed by atoms with Crippen LogP contribution in [-0.2, 0) is 0 Å². The Morgan fingerprint density at radius 2 is 1.69 bits per heavy atom. The Morgan fingerprint density at radius 1 is 0.938 bits per heavy atom. The summed E-state index contributed by atoms with van der Waals surface area (Å²) in [6, 6.07) is 9.74. The van der Waals surface area contributed by atoms with Crippen LogP contribution < -0.4 is 9.80 Å². The van der Waals surface area contributed by atoms with E-state index in [1.165, 1.54) is 24.8 Å². The highest BCUT2D eigenvalue weighted by atomic mass is 35.5. The summed E-state index contributed by atoms with van der Waals surface area (Å²) in [5.74, 6) is 0.0344. The lowest BCUT2D eigenvalue weighted by Gasteiger charge is -2.37. The van der Waals surface area contributed by atoms with Gasteiger partial charge in [-0.3, -0.25) is 9.36 Å². The molecule has 3 aromatic rings. The molecule has 0 unspecified atom stereocenters. The number of piperazine rings is 1. The third kappa shape index (κ3) is 4.21. The number of aryl methyl sites for hydroxylation is 1. The molecule has 5 rings (SSSR count). The number of carbonyl (C=O) groups is 1. The minimum Gasteiger partial charge on any atom is -0.368 e. The van der Waals surface area contributed by atoms with Gasteiger partial charge in [0.1, 0.15) is 5.69 Å². The van der Waals surface area contributed by atoms with E-state index in [1.54, 1.807) is 11.3 Å². The van der Waals surface area contributed by atoms with Crippen molar-refractivity contribution in [2.24, 2.45) is 0 Å². The lowest BCUT2D eigenvalue weighted by Crippen LogP contribution is -2.49. The molecule has 0 spiro atoms. The summed E-state index contributed by atoms with van der Waals surface area (Å²) in [7, 11) is 0. The Labute approximate surface area is 197 Å². The fourth-order valence-corrected chi connectivity index (χ4v) is 5.54. The van der Waals surface area contributed by atoms with Gasteiger partial charge < -0.3 is 14.7 Å². The van der Waals surface area contributed by atoms with Gasteiger partial charge in [0.15, 0.2) is 0 Å². The summed E-state index contributed by atoms with van der Waals surface area (Å²) >= 11 is 7.75. The van der Waals surface area contributed by atoms with E-state index in [2.05, 4.69) is 26.9 Å². The highest BCUT2D eigenvalue weighted by molar-refractivity contribution is 7.17. The van der Waals surface area contributed by atoms with Crippen LogP contribution in [0, 0.1) is 6.92 Å². The fourth-order valence-electron chi connectivity index (χ4n) is 4.48. The van der Waals surface area contributed by atoms with E-state index in [1.807, 2.05) is 46.0 Å². The maximum absolute atomic E-state index is 13.3. The van der Waals surface area contributed by atoms with E-state index in [-0.39, 0.29) is 5.91 Å². The summed E-state index contributed by atoms with van der Waals surface area (Å²) < 4.78 is 1.88. The molecule has 0 radical (unpaired) electrons. The molecule has 1 aromatic carbocycles. The lowest BCUT2D eigenvalue weighted by molar-refractivity contribution is 0.0738. The average Bonchev–Trinajstić information content (AvgIpc) is 3.51. The van der Waals surface area contributed by atoms with Crippen LogP contribution in [0.15, 0.2) is 36.5 Å². The number of halogens is 1. The number of amides is 1. The van der Waals surface area contributed by atoms with Gasteiger partial charge in [-0.2, -0.15) is 0 Å². The first-order valence-electron chi connectivity index (χ1n) is 11.2. The number of aromatic nitrogens is 3. The number of nitrogens with zero attached hydrogens (tertiary/aromatic N) is 6. The number of hydrogen-bond donors (Lipinski definition) is 0. The van der Waals surface area contributed by atoms with Crippen molar-refractivity contribution in [3.8, 4) is 5.13 Å². The number of piperidine rings is 1. The van der Waals surface area contributed by atoms with Gasteiger partial charge in [-0.1, -0.05) is 29.0 Å². The Kier molecular flexibility index (Phi) is 6.06. The molecule has 0 bridgehead atoms. The Bertz CT molecular complexity index is 1100.